The molecule has 2 fully saturated rings. The van der Waals surface area contributed by atoms with Crippen molar-refractivity contribution in [3.63, 3.8) is 0 Å². The average molecular weight is 427 g/mol. The highest BCUT2D eigenvalue weighted by molar-refractivity contribution is 5.88. The Balaban J connectivity index is 1.61. The van der Waals surface area contributed by atoms with Crippen molar-refractivity contribution < 1.29 is 28.7 Å². The molecule has 2 aliphatic heterocycles. The Morgan fingerprint density at radius 1 is 0.800 bits per heavy atom. The summed E-state index contributed by atoms with van der Waals surface area (Å²) in [6.45, 7) is 1.28. The van der Waals surface area contributed by atoms with Crippen LogP contribution in [-0.2, 0) is 28.7 Å². The first kappa shape index (κ1) is 24.1. The summed E-state index contributed by atoms with van der Waals surface area (Å²) in [5, 5.41) is 5.62. The number of nitrogens with zero attached hydrogens (tertiary/aromatic N) is 2. The van der Waals surface area contributed by atoms with Gasteiger partial charge in [-0.25, -0.2) is 0 Å². The molecule has 10 heteroatoms. The highest BCUT2D eigenvalue weighted by Gasteiger charge is 2.29. The van der Waals surface area contributed by atoms with E-state index in [0.29, 0.717) is 25.9 Å². The maximum atomic E-state index is 12.2. The van der Waals surface area contributed by atoms with Crippen LogP contribution in [0.3, 0.4) is 0 Å². The summed E-state index contributed by atoms with van der Waals surface area (Å²) >= 11 is 0. The fourth-order valence-electron chi connectivity index (χ4n) is 3.57. The Labute approximate surface area is 177 Å². The summed E-state index contributed by atoms with van der Waals surface area (Å²) in [4.78, 5) is 51.4. The Morgan fingerprint density at radius 3 is 1.60 bits per heavy atom. The van der Waals surface area contributed by atoms with Crippen molar-refractivity contribution in [3.05, 3.63) is 0 Å². The summed E-state index contributed by atoms with van der Waals surface area (Å²) < 4.78 is 10.7. The van der Waals surface area contributed by atoms with Gasteiger partial charge in [-0.1, -0.05) is 0 Å². The van der Waals surface area contributed by atoms with Crippen molar-refractivity contribution in [1.82, 2.24) is 20.4 Å². The topological polar surface area (TPSA) is 117 Å². The third-order valence-corrected chi connectivity index (χ3v) is 5.56. The lowest BCUT2D eigenvalue weighted by molar-refractivity contribution is -0.144. The molecule has 2 atom stereocenters. The molecule has 0 bridgehead atoms. The van der Waals surface area contributed by atoms with Gasteiger partial charge >= 0.3 is 0 Å². The molecule has 2 N–H and O–H groups in total. The molecule has 0 aromatic heterocycles. The monoisotopic (exact) mass is 426 g/mol. The number of hydrogen-bond donors (Lipinski definition) is 2. The van der Waals surface area contributed by atoms with Gasteiger partial charge in [0.1, 0.15) is 25.3 Å². The van der Waals surface area contributed by atoms with Gasteiger partial charge in [0.15, 0.2) is 0 Å². The van der Waals surface area contributed by atoms with Gasteiger partial charge < -0.3 is 29.9 Å². The van der Waals surface area contributed by atoms with Crippen LogP contribution in [0.5, 0.6) is 0 Å². The lowest BCUT2D eigenvalue weighted by Crippen LogP contribution is -2.48. The zero-order valence-electron chi connectivity index (χ0n) is 18.0. The van der Waals surface area contributed by atoms with E-state index in [1.165, 1.54) is 9.80 Å². The van der Waals surface area contributed by atoms with E-state index in [2.05, 4.69) is 10.6 Å². The lowest BCUT2D eigenvalue weighted by atomic mass is 10.1. The van der Waals surface area contributed by atoms with Gasteiger partial charge in [-0.2, -0.15) is 0 Å². The van der Waals surface area contributed by atoms with Crippen molar-refractivity contribution in [2.45, 2.75) is 50.6 Å². The van der Waals surface area contributed by atoms with Crippen LogP contribution in [0.25, 0.3) is 0 Å². The van der Waals surface area contributed by atoms with Crippen molar-refractivity contribution in [2.24, 2.45) is 0 Å². The number of hydrogen-bond acceptors (Lipinski definition) is 6. The SMILES string of the molecule is CN(C(=O)COCCOCC(=O)N(C)C1CCCCNC1=O)C1CCCCNC1=O. The summed E-state index contributed by atoms with van der Waals surface area (Å²) in [5.41, 5.74) is 0. The van der Waals surface area contributed by atoms with E-state index in [1.807, 2.05) is 0 Å². The van der Waals surface area contributed by atoms with Crippen molar-refractivity contribution in [3.8, 4) is 0 Å². The molecule has 2 unspecified atom stereocenters. The van der Waals surface area contributed by atoms with E-state index < -0.39 is 12.1 Å². The summed E-state index contributed by atoms with van der Waals surface area (Å²) in [6.07, 6.45) is 4.90. The Bertz CT molecular complexity index is 562. The molecule has 0 aromatic rings. The van der Waals surface area contributed by atoms with Crippen LogP contribution in [0, 0.1) is 0 Å². The molecule has 0 aliphatic carbocycles. The maximum absolute atomic E-state index is 12.2. The molecular weight excluding hydrogens is 392 g/mol. The van der Waals surface area contributed by atoms with Crippen LogP contribution in [0.1, 0.15) is 38.5 Å². The molecular formula is C20H34N4O6. The van der Waals surface area contributed by atoms with Gasteiger partial charge in [0.2, 0.25) is 23.6 Å². The zero-order valence-corrected chi connectivity index (χ0v) is 18.0. The van der Waals surface area contributed by atoms with Crippen molar-refractivity contribution >= 4 is 23.6 Å². The summed E-state index contributed by atoms with van der Waals surface area (Å²) in [6, 6.07) is -0.927. The molecule has 2 saturated heterocycles. The minimum absolute atomic E-state index is 0.128. The average Bonchev–Trinajstić information content (AvgIpc) is 3.08. The quantitative estimate of drug-likeness (QED) is 0.470. The molecule has 0 spiro atoms. The number of likely N-dealkylation sites (N-methyl/N-ethyl adjacent to an activating group) is 2. The van der Waals surface area contributed by atoms with E-state index in [9.17, 15) is 19.2 Å². The van der Waals surface area contributed by atoms with E-state index in [0.717, 1.165) is 25.7 Å². The van der Waals surface area contributed by atoms with Crippen LogP contribution in [-0.4, -0.2) is 99.1 Å². The number of amides is 4. The smallest absolute Gasteiger partial charge is 0.248 e. The molecule has 2 aliphatic rings. The third-order valence-electron chi connectivity index (χ3n) is 5.56. The van der Waals surface area contributed by atoms with Crippen molar-refractivity contribution in [2.75, 3.05) is 53.6 Å². The summed E-state index contributed by atoms with van der Waals surface area (Å²) in [7, 11) is 3.21. The predicted molar refractivity (Wildman–Crippen MR) is 108 cm³/mol. The fourth-order valence-corrected chi connectivity index (χ4v) is 3.57. The Hall–Kier alpha value is -2.20. The molecule has 10 nitrogen and oxygen atoms in total. The lowest BCUT2D eigenvalue weighted by Gasteiger charge is -2.26. The molecule has 4 amide bonds. The number of ether oxygens (including phenoxy) is 2. The first-order valence-corrected chi connectivity index (χ1v) is 10.6. The number of carbonyl (C=O) groups excluding carboxylic acids is 4. The van der Waals surface area contributed by atoms with E-state index in [-0.39, 0.29) is 50.1 Å². The highest BCUT2D eigenvalue weighted by atomic mass is 16.5. The van der Waals surface area contributed by atoms with Crippen LogP contribution < -0.4 is 10.6 Å². The van der Waals surface area contributed by atoms with Gasteiger partial charge in [0.25, 0.3) is 0 Å². The van der Waals surface area contributed by atoms with Crippen LogP contribution in [0.15, 0.2) is 0 Å². The highest BCUT2D eigenvalue weighted by Crippen LogP contribution is 2.12. The second kappa shape index (κ2) is 12.5. The molecule has 2 rings (SSSR count). The third kappa shape index (κ3) is 7.24. The number of carbonyl (C=O) groups is 4. The minimum atomic E-state index is -0.464. The fraction of sp³-hybridized carbons (Fsp3) is 0.800. The van der Waals surface area contributed by atoms with Crippen LogP contribution in [0.2, 0.25) is 0 Å². The molecule has 0 aromatic carbocycles. The molecule has 0 saturated carbocycles. The van der Waals surface area contributed by atoms with Crippen LogP contribution >= 0.6 is 0 Å². The first-order valence-electron chi connectivity index (χ1n) is 10.6. The predicted octanol–water partition coefficient (Wildman–Crippen LogP) is -0.726. The normalized spacial score (nSPS) is 22.3. The van der Waals surface area contributed by atoms with Gasteiger partial charge in [0, 0.05) is 27.2 Å². The van der Waals surface area contributed by atoms with Gasteiger partial charge in [-0.05, 0) is 38.5 Å². The van der Waals surface area contributed by atoms with Crippen molar-refractivity contribution in [1.29, 1.82) is 0 Å². The Kier molecular flexibility index (Phi) is 10.0. The van der Waals surface area contributed by atoms with E-state index in [1.54, 1.807) is 14.1 Å². The first-order chi connectivity index (χ1) is 14.4. The molecule has 30 heavy (non-hydrogen) atoms. The Morgan fingerprint density at radius 2 is 1.20 bits per heavy atom. The molecule has 0 radical (unpaired) electrons. The molecule has 2 heterocycles. The largest absolute Gasteiger partial charge is 0.369 e. The van der Waals surface area contributed by atoms with E-state index in [4.69, 9.17) is 9.47 Å². The summed E-state index contributed by atoms with van der Waals surface area (Å²) in [5.74, 6) is -0.798. The maximum Gasteiger partial charge on any atom is 0.248 e. The molecule has 170 valence electrons. The second-order valence-electron chi connectivity index (χ2n) is 7.72. The number of rotatable bonds is 9. The zero-order chi connectivity index (χ0) is 21.9. The number of nitrogens with one attached hydrogen (secondary N) is 2. The van der Waals surface area contributed by atoms with Gasteiger partial charge in [-0.3, -0.25) is 19.2 Å². The van der Waals surface area contributed by atoms with Gasteiger partial charge in [0.05, 0.1) is 13.2 Å². The van der Waals surface area contributed by atoms with Crippen LogP contribution in [0.4, 0.5) is 0 Å². The van der Waals surface area contributed by atoms with Gasteiger partial charge in [-0.15, -0.1) is 0 Å². The standard InChI is InChI=1S/C20H34N4O6/c1-23(15-7-3-5-9-21-19(15)27)17(25)13-29-11-12-30-14-18(26)24(2)16-8-4-6-10-22-20(16)28/h15-16H,3-14H2,1-2H3,(H,21,27)(H,22,28). The second-order valence-corrected chi connectivity index (χ2v) is 7.72. The van der Waals surface area contributed by atoms with E-state index >= 15 is 0 Å². The minimum Gasteiger partial charge on any atom is -0.369 e.